The lowest BCUT2D eigenvalue weighted by molar-refractivity contribution is -0.231. The summed E-state index contributed by atoms with van der Waals surface area (Å²) in [7, 11) is 0. The number of fused-ring (bicyclic) bond motifs is 9. The Bertz CT molecular complexity index is 2170. The second kappa shape index (κ2) is 9.36. The Labute approximate surface area is 292 Å². The first-order chi connectivity index (χ1) is 23.7. The summed E-state index contributed by atoms with van der Waals surface area (Å²) < 4.78 is 0. The predicted octanol–water partition coefficient (Wildman–Crippen LogP) is 12.5. The molecule has 0 aliphatic heterocycles. The highest BCUT2D eigenvalue weighted by Crippen LogP contribution is 2.90. The first-order valence-corrected chi connectivity index (χ1v) is 19.1. The van der Waals surface area contributed by atoms with Gasteiger partial charge in [-0.3, -0.25) is 0 Å². The van der Waals surface area contributed by atoms with Crippen molar-refractivity contribution in [3.05, 3.63) is 138 Å². The van der Waals surface area contributed by atoms with Crippen molar-refractivity contribution in [1.29, 1.82) is 0 Å². The molecule has 0 aromatic heterocycles. The number of para-hydroxylation sites is 1. The lowest BCUT2D eigenvalue weighted by Crippen LogP contribution is -2.73. The zero-order chi connectivity index (χ0) is 32.9. The van der Waals surface area contributed by atoms with E-state index < -0.39 is 0 Å². The van der Waals surface area contributed by atoms with Crippen LogP contribution in [-0.2, 0) is 16.2 Å². The number of hydrogen-bond acceptors (Lipinski definition) is 1. The summed E-state index contributed by atoms with van der Waals surface area (Å²) in [6, 6.07) is 44.5. The highest BCUT2D eigenvalue weighted by molar-refractivity contribution is 5.93. The van der Waals surface area contributed by atoms with Gasteiger partial charge in [-0.25, -0.2) is 0 Å². The third-order valence-corrected chi connectivity index (χ3v) is 15.1. The maximum absolute atomic E-state index is 2.60. The van der Waals surface area contributed by atoms with E-state index in [1.807, 2.05) is 0 Å². The fourth-order valence-electron chi connectivity index (χ4n) is 13.3. The Morgan fingerprint density at radius 1 is 0.551 bits per heavy atom. The van der Waals surface area contributed by atoms with Crippen LogP contribution in [0, 0.1) is 29.1 Å². The molecule has 6 atom stereocenters. The van der Waals surface area contributed by atoms with Gasteiger partial charge in [0.05, 0.1) is 5.69 Å². The summed E-state index contributed by atoms with van der Waals surface area (Å²) in [4.78, 5) is 2.59. The van der Waals surface area contributed by atoms with Crippen molar-refractivity contribution >= 4 is 17.1 Å². The van der Waals surface area contributed by atoms with Crippen LogP contribution in [-0.4, -0.2) is 0 Å². The minimum Gasteiger partial charge on any atom is -0.310 e. The van der Waals surface area contributed by atoms with E-state index in [4.69, 9.17) is 0 Å². The van der Waals surface area contributed by atoms with E-state index in [2.05, 4.69) is 148 Å². The molecule has 1 heteroatoms. The molecule has 6 aliphatic carbocycles. The Balaban J connectivity index is 1.16. The van der Waals surface area contributed by atoms with E-state index in [1.165, 1.54) is 89.0 Å². The van der Waals surface area contributed by atoms with Gasteiger partial charge in [-0.1, -0.05) is 113 Å². The Morgan fingerprint density at radius 3 is 2.06 bits per heavy atom. The fourth-order valence-corrected chi connectivity index (χ4v) is 13.3. The van der Waals surface area contributed by atoms with E-state index >= 15 is 0 Å². The lowest BCUT2D eigenvalue weighted by atomic mass is 9.26. The average Bonchev–Trinajstić information content (AvgIpc) is 3.75. The van der Waals surface area contributed by atoms with E-state index in [9.17, 15) is 0 Å². The quantitative estimate of drug-likeness (QED) is 0.189. The molecule has 4 saturated carbocycles. The Hall–Kier alpha value is -4.10. The van der Waals surface area contributed by atoms with Crippen molar-refractivity contribution < 1.29 is 0 Å². The number of hydrogen-bond donors (Lipinski definition) is 0. The summed E-state index contributed by atoms with van der Waals surface area (Å²) in [5.41, 5.74) is 17.0. The van der Waals surface area contributed by atoms with Gasteiger partial charge in [0.15, 0.2) is 0 Å². The fraction of sp³-hybridized carbons (Fsp3) is 0.375. The summed E-state index contributed by atoms with van der Waals surface area (Å²) in [6.45, 7) is 9.82. The van der Waals surface area contributed by atoms with Crippen molar-refractivity contribution in [3.63, 3.8) is 0 Å². The highest BCUT2D eigenvalue weighted by atomic mass is 15.1. The van der Waals surface area contributed by atoms with Crippen molar-refractivity contribution in [1.82, 2.24) is 0 Å². The monoisotopic (exact) mass is 637 g/mol. The second-order valence-electron chi connectivity index (χ2n) is 18.0. The zero-order valence-corrected chi connectivity index (χ0v) is 29.5. The van der Waals surface area contributed by atoms with Gasteiger partial charge in [0.25, 0.3) is 0 Å². The Kier molecular flexibility index (Phi) is 5.49. The minimum absolute atomic E-state index is 0.0925. The van der Waals surface area contributed by atoms with Gasteiger partial charge < -0.3 is 4.90 Å². The molecule has 5 aromatic rings. The first-order valence-electron chi connectivity index (χ1n) is 19.1. The van der Waals surface area contributed by atoms with Crippen LogP contribution >= 0.6 is 0 Å². The summed E-state index contributed by atoms with van der Waals surface area (Å²) in [6.07, 6.45) is 8.26. The molecular formula is C48H47N. The average molecular weight is 638 g/mol. The first kappa shape index (κ1) is 28.7. The standard InChI is InChI=1S/C48H47N/c1-45(2)23-24-46(3,4)44-39(45)19-12-20-40(44)49(33-15-9-6-10-16-33)34-21-22-38-37(28-34)36-18-11-17-35(31-13-7-5-8-14-31)43(36)48(38)41-26-30-25-32-27-42(48)47(32,41)29-30/h5-22,28,30,32,41-42H,23-27,29H2,1-4H3. The molecule has 0 heterocycles. The molecule has 6 unspecified atom stereocenters. The molecule has 0 saturated heterocycles. The van der Waals surface area contributed by atoms with Crippen LogP contribution in [0.2, 0.25) is 0 Å². The van der Waals surface area contributed by atoms with Gasteiger partial charge in [-0.2, -0.15) is 0 Å². The summed E-state index contributed by atoms with van der Waals surface area (Å²) in [5.74, 6) is 3.49. The molecule has 0 N–H and O–H groups in total. The van der Waals surface area contributed by atoms with Crippen LogP contribution in [0.1, 0.15) is 88.5 Å². The van der Waals surface area contributed by atoms with E-state index in [1.54, 1.807) is 11.1 Å². The van der Waals surface area contributed by atoms with Crippen LogP contribution in [0.4, 0.5) is 17.1 Å². The zero-order valence-electron chi connectivity index (χ0n) is 29.5. The van der Waals surface area contributed by atoms with Gasteiger partial charge >= 0.3 is 0 Å². The van der Waals surface area contributed by atoms with Gasteiger partial charge in [-0.15, -0.1) is 0 Å². The SMILES string of the molecule is CC1(C)CCC(C)(C)c2c(N(c3ccccc3)c3ccc4c(c3)-c3cccc(-c5ccccc5)c3C43C4CC5CC6CC3C64C5)cccc21. The summed E-state index contributed by atoms with van der Waals surface area (Å²) >= 11 is 0. The van der Waals surface area contributed by atoms with E-state index in [0.717, 1.165) is 23.7 Å². The van der Waals surface area contributed by atoms with Crippen molar-refractivity contribution in [2.75, 3.05) is 4.90 Å². The number of benzene rings is 5. The molecule has 1 nitrogen and oxygen atoms in total. The molecule has 5 aromatic carbocycles. The Morgan fingerprint density at radius 2 is 1.27 bits per heavy atom. The number of anilines is 3. The molecule has 2 bridgehead atoms. The molecule has 0 amide bonds. The molecule has 244 valence electrons. The smallest absolute Gasteiger partial charge is 0.0502 e. The van der Waals surface area contributed by atoms with Crippen LogP contribution in [0.15, 0.2) is 115 Å². The summed E-state index contributed by atoms with van der Waals surface area (Å²) in [5, 5.41) is 0. The van der Waals surface area contributed by atoms with Crippen molar-refractivity contribution in [2.24, 2.45) is 29.1 Å². The van der Waals surface area contributed by atoms with E-state index in [0.29, 0.717) is 5.41 Å². The second-order valence-corrected chi connectivity index (χ2v) is 18.0. The van der Waals surface area contributed by atoms with Crippen LogP contribution in [0.5, 0.6) is 0 Å². The van der Waals surface area contributed by atoms with Crippen molar-refractivity contribution in [3.8, 4) is 22.3 Å². The van der Waals surface area contributed by atoms with Crippen LogP contribution < -0.4 is 4.90 Å². The van der Waals surface area contributed by atoms with Gasteiger partial charge in [-0.05, 0) is 153 Å². The molecule has 11 rings (SSSR count). The molecule has 0 radical (unpaired) electrons. The molecule has 49 heavy (non-hydrogen) atoms. The minimum atomic E-state index is 0.0925. The maximum atomic E-state index is 2.60. The van der Waals surface area contributed by atoms with Crippen molar-refractivity contribution in [2.45, 2.75) is 82.5 Å². The largest absolute Gasteiger partial charge is 0.310 e. The number of rotatable bonds is 4. The molecule has 2 spiro atoms. The third-order valence-electron chi connectivity index (χ3n) is 15.1. The van der Waals surface area contributed by atoms with Gasteiger partial charge in [0, 0.05) is 16.8 Å². The molecule has 6 aliphatic rings. The lowest BCUT2D eigenvalue weighted by Gasteiger charge is -2.76. The van der Waals surface area contributed by atoms with Crippen LogP contribution in [0.25, 0.3) is 22.3 Å². The van der Waals surface area contributed by atoms with Gasteiger partial charge in [0.1, 0.15) is 0 Å². The van der Waals surface area contributed by atoms with Crippen LogP contribution in [0.3, 0.4) is 0 Å². The predicted molar refractivity (Wildman–Crippen MR) is 203 cm³/mol. The normalized spacial score (nSPS) is 31.3. The topological polar surface area (TPSA) is 3.24 Å². The third kappa shape index (κ3) is 3.38. The molecule has 4 fully saturated rings. The number of nitrogens with zero attached hydrogens (tertiary/aromatic N) is 1. The molecular weight excluding hydrogens is 591 g/mol. The van der Waals surface area contributed by atoms with Gasteiger partial charge in [0.2, 0.25) is 0 Å². The highest BCUT2D eigenvalue weighted by Gasteiger charge is 2.84. The maximum Gasteiger partial charge on any atom is 0.0502 e. The van der Waals surface area contributed by atoms with E-state index in [-0.39, 0.29) is 16.2 Å².